The lowest BCUT2D eigenvalue weighted by molar-refractivity contribution is -0.116. The fraction of sp³-hybridized carbons (Fsp3) is 0.462. The summed E-state index contributed by atoms with van der Waals surface area (Å²) in [7, 11) is 2.11. The van der Waals surface area contributed by atoms with E-state index in [2.05, 4.69) is 37.1 Å². The zero-order valence-corrected chi connectivity index (χ0v) is 9.58. The molecule has 0 amide bonds. The molecule has 80 valence electrons. The molecular formula is C13H17NO. The SMILES string of the molecule is CC(=O)Cc1cccc2c1N(C)C(C)C2. The highest BCUT2D eigenvalue weighted by Gasteiger charge is 2.25. The second-order valence-corrected chi connectivity index (χ2v) is 4.47. The van der Waals surface area contributed by atoms with E-state index in [1.807, 2.05) is 0 Å². The van der Waals surface area contributed by atoms with Crippen LogP contribution in [-0.2, 0) is 17.6 Å². The summed E-state index contributed by atoms with van der Waals surface area (Å²) >= 11 is 0. The first kappa shape index (κ1) is 10.2. The number of carbonyl (C=O) groups is 1. The van der Waals surface area contributed by atoms with Crippen LogP contribution in [0.4, 0.5) is 5.69 Å². The van der Waals surface area contributed by atoms with E-state index in [1.54, 1.807) is 6.92 Å². The number of fused-ring (bicyclic) bond motifs is 1. The molecule has 0 aliphatic carbocycles. The van der Waals surface area contributed by atoms with E-state index in [-0.39, 0.29) is 5.78 Å². The highest BCUT2D eigenvalue weighted by Crippen LogP contribution is 2.34. The van der Waals surface area contributed by atoms with E-state index >= 15 is 0 Å². The van der Waals surface area contributed by atoms with Gasteiger partial charge in [-0.15, -0.1) is 0 Å². The second kappa shape index (κ2) is 3.69. The molecule has 0 aromatic heterocycles. The third kappa shape index (κ3) is 1.76. The number of likely N-dealkylation sites (N-methyl/N-ethyl adjacent to an activating group) is 1. The quantitative estimate of drug-likeness (QED) is 0.734. The van der Waals surface area contributed by atoms with Crippen LogP contribution in [0, 0.1) is 0 Å². The minimum atomic E-state index is 0.233. The fourth-order valence-corrected chi connectivity index (χ4v) is 2.35. The first-order valence-corrected chi connectivity index (χ1v) is 5.42. The molecule has 15 heavy (non-hydrogen) atoms. The Balaban J connectivity index is 2.42. The van der Waals surface area contributed by atoms with Gasteiger partial charge in [-0.3, -0.25) is 4.79 Å². The van der Waals surface area contributed by atoms with Crippen molar-refractivity contribution in [3.8, 4) is 0 Å². The van der Waals surface area contributed by atoms with Crippen LogP contribution in [0.5, 0.6) is 0 Å². The zero-order valence-electron chi connectivity index (χ0n) is 9.58. The van der Waals surface area contributed by atoms with E-state index in [0.717, 1.165) is 6.42 Å². The van der Waals surface area contributed by atoms with Gasteiger partial charge in [0.25, 0.3) is 0 Å². The molecule has 0 saturated heterocycles. The van der Waals surface area contributed by atoms with Gasteiger partial charge in [0, 0.05) is 25.2 Å². The van der Waals surface area contributed by atoms with Crippen molar-refractivity contribution in [2.24, 2.45) is 0 Å². The van der Waals surface area contributed by atoms with Gasteiger partial charge in [0.1, 0.15) is 5.78 Å². The Kier molecular flexibility index (Phi) is 2.51. The summed E-state index contributed by atoms with van der Waals surface area (Å²) in [5.74, 6) is 0.233. The number of benzene rings is 1. The topological polar surface area (TPSA) is 20.3 Å². The molecule has 1 aromatic rings. The Morgan fingerprint density at radius 3 is 2.93 bits per heavy atom. The standard InChI is InChI=1S/C13H17NO/c1-9-7-11-5-4-6-12(8-10(2)15)13(11)14(9)3/h4-6,9H,7-8H2,1-3H3. The van der Waals surface area contributed by atoms with Gasteiger partial charge in [0.15, 0.2) is 0 Å². The van der Waals surface area contributed by atoms with Crippen molar-refractivity contribution in [1.82, 2.24) is 0 Å². The second-order valence-electron chi connectivity index (χ2n) is 4.47. The van der Waals surface area contributed by atoms with E-state index in [4.69, 9.17) is 0 Å². The molecule has 0 spiro atoms. The number of carbonyl (C=O) groups excluding carboxylic acids is 1. The van der Waals surface area contributed by atoms with Gasteiger partial charge in [0.05, 0.1) is 0 Å². The van der Waals surface area contributed by atoms with Gasteiger partial charge in [-0.2, -0.15) is 0 Å². The lowest BCUT2D eigenvalue weighted by Gasteiger charge is -2.20. The van der Waals surface area contributed by atoms with Crippen molar-refractivity contribution < 1.29 is 4.79 Å². The lowest BCUT2D eigenvalue weighted by atomic mass is 10.0. The van der Waals surface area contributed by atoms with Crippen LogP contribution in [0.1, 0.15) is 25.0 Å². The van der Waals surface area contributed by atoms with Crippen LogP contribution in [0.2, 0.25) is 0 Å². The fourth-order valence-electron chi connectivity index (χ4n) is 2.35. The van der Waals surface area contributed by atoms with Crippen molar-refractivity contribution in [3.05, 3.63) is 29.3 Å². The third-order valence-corrected chi connectivity index (χ3v) is 3.17. The predicted molar refractivity (Wildman–Crippen MR) is 62.4 cm³/mol. The van der Waals surface area contributed by atoms with E-state index in [1.165, 1.54) is 16.8 Å². The molecule has 2 nitrogen and oxygen atoms in total. The molecule has 0 bridgehead atoms. The number of nitrogens with zero attached hydrogens (tertiary/aromatic N) is 1. The molecule has 2 rings (SSSR count). The van der Waals surface area contributed by atoms with Crippen molar-refractivity contribution in [3.63, 3.8) is 0 Å². The molecule has 0 fully saturated rings. The summed E-state index contributed by atoms with van der Waals surface area (Å²) in [6.45, 7) is 3.87. The van der Waals surface area contributed by atoms with Gasteiger partial charge in [-0.25, -0.2) is 0 Å². The predicted octanol–water partition coefficient (Wildman–Crippen LogP) is 2.20. The molecule has 0 saturated carbocycles. The molecule has 1 aliphatic heterocycles. The number of para-hydroxylation sites is 1. The Labute approximate surface area is 90.9 Å². The Bertz CT molecular complexity index is 398. The maximum absolute atomic E-state index is 11.2. The minimum Gasteiger partial charge on any atom is -0.371 e. The largest absolute Gasteiger partial charge is 0.371 e. The van der Waals surface area contributed by atoms with Gasteiger partial charge < -0.3 is 4.90 Å². The molecule has 0 N–H and O–H groups in total. The van der Waals surface area contributed by atoms with Crippen LogP contribution < -0.4 is 4.90 Å². The smallest absolute Gasteiger partial charge is 0.134 e. The van der Waals surface area contributed by atoms with Gasteiger partial charge in [-0.05, 0) is 31.4 Å². The summed E-state index contributed by atoms with van der Waals surface area (Å²) in [5.41, 5.74) is 3.83. The first-order valence-electron chi connectivity index (χ1n) is 5.42. The van der Waals surface area contributed by atoms with Gasteiger partial charge >= 0.3 is 0 Å². The van der Waals surface area contributed by atoms with Crippen molar-refractivity contribution in [1.29, 1.82) is 0 Å². The van der Waals surface area contributed by atoms with E-state index in [9.17, 15) is 4.79 Å². The van der Waals surface area contributed by atoms with Crippen LogP contribution in [-0.4, -0.2) is 18.9 Å². The average molecular weight is 203 g/mol. The van der Waals surface area contributed by atoms with Crippen LogP contribution in [0.3, 0.4) is 0 Å². The Morgan fingerprint density at radius 2 is 2.27 bits per heavy atom. The Morgan fingerprint density at radius 1 is 1.53 bits per heavy atom. The third-order valence-electron chi connectivity index (χ3n) is 3.17. The monoisotopic (exact) mass is 203 g/mol. The molecule has 1 aromatic carbocycles. The van der Waals surface area contributed by atoms with Crippen molar-refractivity contribution in [2.75, 3.05) is 11.9 Å². The van der Waals surface area contributed by atoms with Gasteiger partial charge in [0.2, 0.25) is 0 Å². The number of Topliss-reactive ketones (excluding diaryl/α,β-unsaturated/α-hetero) is 1. The summed E-state index contributed by atoms with van der Waals surface area (Å²) in [6.07, 6.45) is 1.65. The normalized spacial score (nSPS) is 19.1. The highest BCUT2D eigenvalue weighted by molar-refractivity contribution is 5.81. The van der Waals surface area contributed by atoms with Gasteiger partial charge in [-0.1, -0.05) is 18.2 Å². The van der Waals surface area contributed by atoms with Crippen molar-refractivity contribution in [2.45, 2.75) is 32.7 Å². The number of hydrogen-bond acceptors (Lipinski definition) is 2. The van der Waals surface area contributed by atoms with Crippen LogP contribution >= 0.6 is 0 Å². The molecule has 1 unspecified atom stereocenters. The number of ketones is 1. The molecular weight excluding hydrogens is 186 g/mol. The molecule has 0 radical (unpaired) electrons. The van der Waals surface area contributed by atoms with Crippen molar-refractivity contribution >= 4 is 11.5 Å². The summed E-state index contributed by atoms with van der Waals surface area (Å²) < 4.78 is 0. The summed E-state index contributed by atoms with van der Waals surface area (Å²) in [5, 5.41) is 0. The molecule has 1 atom stereocenters. The molecule has 1 heterocycles. The molecule has 1 aliphatic rings. The summed E-state index contributed by atoms with van der Waals surface area (Å²) in [6, 6.07) is 6.84. The molecule has 2 heteroatoms. The number of rotatable bonds is 2. The minimum absolute atomic E-state index is 0.233. The number of anilines is 1. The maximum atomic E-state index is 11.2. The maximum Gasteiger partial charge on any atom is 0.134 e. The zero-order chi connectivity index (χ0) is 11.0. The first-order chi connectivity index (χ1) is 7.09. The van der Waals surface area contributed by atoms with E-state index in [0.29, 0.717) is 12.5 Å². The van der Waals surface area contributed by atoms with Crippen LogP contribution in [0.15, 0.2) is 18.2 Å². The van der Waals surface area contributed by atoms with E-state index < -0.39 is 0 Å². The lowest BCUT2D eigenvalue weighted by Crippen LogP contribution is -2.24. The van der Waals surface area contributed by atoms with Crippen LogP contribution in [0.25, 0.3) is 0 Å². The average Bonchev–Trinajstić information content (AvgIpc) is 2.43. The summed E-state index contributed by atoms with van der Waals surface area (Å²) in [4.78, 5) is 13.5. The highest BCUT2D eigenvalue weighted by atomic mass is 16.1. The Hall–Kier alpha value is -1.31. The number of hydrogen-bond donors (Lipinski definition) is 0.